The van der Waals surface area contributed by atoms with Gasteiger partial charge in [-0.25, -0.2) is 0 Å². The number of pyridine rings is 1. The molecule has 0 unspecified atom stereocenters. The predicted octanol–water partition coefficient (Wildman–Crippen LogP) is 2.81. The van der Waals surface area contributed by atoms with Gasteiger partial charge in [-0.3, -0.25) is 9.78 Å². The maximum absolute atomic E-state index is 12.9. The summed E-state index contributed by atoms with van der Waals surface area (Å²) in [5.41, 5.74) is 4.22. The average molecular weight is 338 g/mol. The van der Waals surface area contributed by atoms with Crippen LogP contribution in [0.25, 0.3) is 0 Å². The third kappa shape index (κ3) is 3.92. The first-order chi connectivity index (χ1) is 12.1. The van der Waals surface area contributed by atoms with Gasteiger partial charge in [0.15, 0.2) is 0 Å². The molecule has 5 heteroatoms. The average Bonchev–Trinajstić information content (AvgIpc) is 2.87. The normalized spacial score (nSPS) is 15.0. The molecule has 5 nitrogen and oxygen atoms in total. The number of anilines is 2. The van der Waals surface area contributed by atoms with E-state index in [2.05, 4.69) is 22.9 Å². The number of amides is 1. The number of nitrogens with zero attached hydrogens (tertiary/aromatic N) is 4. The molecule has 2 aromatic rings. The molecule has 0 aliphatic carbocycles. The van der Waals surface area contributed by atoms with Gasteiger partial charge in [-0.05, 0) is 43.2 Å². The van der Waals surface area contributed by atoms with Gasteiger partial charge < -0.3 is 14.7 Å². The van der Waals surface area contributed by atoms with Crippen LogP contribution in [0.1, 0.15) is 22.3 Å². The molecule has 0 spiro atoms. The molecule has 25 heavy (non-hydrogen) atoms. The Kier molecular flexibility index (Phi) is 5.22. The van der Waals surface area contributed by atoms with E-state index in [1.165, 1.54) is 11.3 Å². The molecule has 3 rings (SSSR count). The Morgan fingerprint density at radius 2 is 1.96 bits per heavy atom. The SMILES string of the molecule is Cc1cnccc1N1CCCN(C(=O)c2cccc(N(C)C)c2)CC1. The van der Waals surface area contributed by atoms with Crippen molar-refractivity contribution in [1.29, 1.82) is 0 Å². The molecule has 0 radical (unpaired) electrons. The van der Waals surface area contributed by atoms with Gasteiger partial charge in [0.2, 0.25) is 0 Å². The number of hydrogen-bond acceptors (Lipinski definition) is 4. The molecular weight excluding hydrogens is 312 g/mol. The van der Waals surface area contributed by atoms with Crippen LogP contribution < -0.4 is 9.80 Å². The summed E-state index contributed by atoms with van der Waals surface area (Å²) >= 11 is 0. The van der Waals surface area contributed by atoms with E-state index in [-0.39, 0.29) is 5.91 Å². The zero-order valence-corrected chi connectivity index (χ0v) is 15.3. The number of aryl methyl sites for hydroxylation is 1. The molecule has 1 saturated heterocycles. The molecule has 1 aromatic carbocycles. The quantitative estimate of drug-likeness (QED) is 0.863. The molecule has 1 fully saturated rings. The van der Waals surface area contributed by atoms with Crippen LogP contribution >= 0.6 is 0 Å². The molecule has 0 bridgehead atoms. The Labute approximate surface area is 149 Å². The number of benzene rings is 1. The first-order valence-electron chi connectivity index (χ1n) is 8.78. The number of rotatable bonds is 3. The number of carbonyl (C=O) groups excluding carboxylic acids is 1. The standard InChI is InChI=1S/C20H26N4O/c1-16-15-21-9-8-19(16)23-10-5-11-24(13-12-23)20(25)17-6-4-7-18(14-17)22(2)3/h4,6-9,14-15H,5,10-13H2,1-3H3. The fourth-order valence-electron chi connectivity index (χ4n) is 3.28. The molecule has 2 heterocycles. The van der Waals surface area contributed by atoms with E-state index in [1.807, 2.05) is 60.6 Å². The maximum Gasteiger partial charge on any atom is 0.253 e. The van der Waals surface area contributed by atoms with E-state index < -0.39 is 0 Å². The van der Waals surface area contributed by atoms with Gasteiger partial charge in [0, 0.05) is 69.6 Å². The molecule has 0 saturated carbocycles. The third-order valence-corrected chi connectivity index (χ3v) is 4.72. The summed E-state index contributed by atoms with van der Waals surface area (Å²) in [5, 5.41) is 0. The Morgan fingerprint density at radius 1 is 1.12 bits per heavy atom. The van der Waals surface area contributed by atoms with Crippen LogP contribution in [0.2, 0.25) is 0 Å². The van der Waals surface area contributed by atoms with Crippen molar-refractivity contribution >= 4 is 17.3 Å². The summed E-state index contributed by atoms with van der Waals surface area (Å²) in [6.45, 7) is 5.44. The van der Waals surface area contributed by atoms with Gasteiger partial charge in [0.25, 0.3) is 5.91 Å². The summed E-state index contributed by atoms with van der Waals surface area (Å²) in [4.78, 5) is 23.4. The first-order valence-corrected chi connectivity index (χ1v) is 8.78. The molecule has 1 aromatic heterocycles. The number of aromatic nitrogens is 1. The number of carbonyl (C=O) groups is 1. The Bertz CT molecular complexity index is 744. The van der Waals surface area contributed by atoms with Crippen LogP contribution in [0, 0.1) is 6.92 Å². The van der Waals surface area contributed by atoms with Crippen LogP contribution in [0.4, 0.5) is 11.4 Å². The highest BCUT2D eigenvalue weighted by molar-refractivity contribution is 5.95. The van der Waals surface area contributed by atoms with Crippen molar-refractivity contribution in [2.24, 2.45) is 0 Å². The van der Waals surface area contributed by atoms with E-state index in [4.69, 9.17) is 0 Å². The van der Waals surface area contributed by atoms with Gasteiger partial charge in [-0.1, -0.05) is 6.07 Å². The molecule has 0 atom stereocenters. The monoisotopic (exact) mass is 338 g/mol. The molecule has 1 aliphatic rings. The van der Waals surface area contributed by atoms with E-state index in [0.29, 0.717) is 0 Å². The molecule has 0 N–H and O–H groups in total. The highest BCUT2D eigenvalue weighted by atomic mass is 16.2. The van der Waals surface area contributed by atoms with Gasteiger partial charge in [0.05, 0.1) is 0 Å². The molecule has 1 aliphatic heterocycles. The lowest BCUT2D eigenvalue weighted by atomic mass is 10.1. The van der Waals surface area contributed by atoms with Crippen LogP contribution in [0.5, 0.6) is 0 Å². The fourth-order valence-corrected chi connectivity index (χ4v) is 3.28. The molecule has 1 amide bonds. The summed E-state index contributed by atoms with van der Waals surface area (Å²) in [6.07, 6.45) is 4.71. The van der Waals surface area contributed by atoms with Crippen molar-refractivity contribution in [3.05, 3.63) is 53.9 Å². The predicted molar refractivity (Wildman–Crippen MR) is 102 cm³/mol. The van der Waals surface area contributed by atoms with Gasteiger partial charge in [-0.2, -0.15) is 0 Å². The Balaban J connectivity index is 1.72. The molecular formula is C20H26N4O. The zero-order valence-electron chi connectivity index (χ0n) is 15.3. The highest BCUT2D eigenvalue weighted by Gasteiger charge is 2.21. The van der Waals surface area contributed by atoms with Gasteiger partial charge in [-0.15, -0.1) is 0 Å². The smallest absolute Gasteiger partial charge is 0.253 e. The lowest BCUT2D eigenvalue weighted by molar-refractivity contribution is 0.0767. The maximum atomic E-state index is 12.9. The lowest BCUT2D eigenvalue weighted by Crippen LogP contribution is -2.35. The van der Waals surface area contributed by atoms with E-state index in [1.54, 1.807) is 0 Å². The zero-order chi connectivity index (χ0) is 17.8. The van der Waals surface area contributed by atoms with Crippen molar-refractivity contribution < 1.29 is 4.79 Å². The summed E-state index contributed by atoms with van der Waals surface area (Å²) in [7, 11) is 3.98. The first kappa shape index (κ1) is 17.3. The second kappa shape index (κ2) is 7.55. The fraction of sp³-hybridized carbons (Fsp3) is 0.400. The summed E-state index contributed by atoms with van der Waals surface area (Å²) < 4.78 is 0. The lowest BCUT2D eigenvalue weighted by Gasteiger charge is -2.25. The van der Waals surface area contributed by atoms with E-state index >= 15 is 0 Å². The van der Waals surface area contributed by atoms with Crippen molar-refractivity contribution in [3.63, 3.8) is 0 Å². The second-order valence-corrected chi connectivity index (χ2v) is 6.74. The van der Waals surface area contributed by atoms with Crippen LogP contribution in [0.3, 0.4) is 0 Å². The minimum absolute atomic E-state index is 0.122. The van der Waals surface area contributed by atoms with E-state index in [9.17, 15) is 4.79 Å². The van der Waals surface area contributed by atoms with Gasteiger partial charge in [0.1, 0.15) is 0 Å². The molecule has 132 valence electrons. The van der Waals surface area contributed by atoms with Crippen LogP contribution in [0.15, 0.2) is 42.7 Å². The van der Waals surface area contributed by atoms with Gasteiger partial charge >= 0.3 is 0 Å². The van der Waals surface area contributed by atoms with Crippen LogP contribution in [-0.4, -0.2) is 56.1 Å². The second-order valence-electron chi connectivity index (χ2n) is 6.74. The minimum Gasteiger partial charge on any atom is -0.378 e. The van der Waals surface area contributed by atoms with Crippen LogP contribution in [-0.2, 0) is 0 Å². The Morgan fingerprint density at radius 3 is 2.72 bits per heavy atom. The topological polar surface area (TPSA) is 39.7 Å². The Hall–Kier alpha value is -2.56. The largest absolute Gasteiger partial charge is 0.378 e. The minimum atomic E-state index is 0.122. The summed E-state index contributed by atoms with van der Waals surface area (Å²) in [6, 6.07) is 9.91. The number of hydrogen-bond donors (Lipinski definition) is 0. The van der Waals surface area contributed by atoms with Crippen molar-refractivity contribution in [1.82, 2.24) is 9.88 Å². The van der Waals surface area contributed by atoms with Crippen molar-refractivity contribution in [2.75, 3.05) is 50.1 Å². The van der Waals surface area contributed by atoms with Crippen molar-refractivity contribution in [2.45, 2.75) is 13.3 Å². The summed E-state index contributed by atoms with van der Waals surface area (Å²) in [5.74, 6) is 0.122. The highest BCUT2D eigenvalue weighted by Crippen LogP contribution is 2.21. The van der Waals surface area contributed by atoms with E-state index in [0.717, 1.165) is 43.9 Å². The van der Waals surface area contributed by atoms with Crippen molar-refractivity contribution in [3.8, 4) is 0 Å². The third-order valence-electron chi connectivity index (χ3n) is 4.72.